The highest BCUT2D eigenvalue weighted by molar-refractivity contribution is 5.77. The summed E-state index contributed by atoms with van der Waals surface area (Å²) >= 11 is 0. The third-order valence-electron chi connectivity index (χ3n) is 7.77. The van der Waals surface area contributed by atoms with E-state index in [1.165, 1.54) is 28.7 Å². The lowest BCUT2D eigenvalue weighted by Gasteiger charge is -2.32. The molecular weight excluding hydrogens is 442 g/mol. The Balaban J connectivity index is 1.27. The van der Waals surface area contributed by atoms with Crippen molar-refractivity contribution in [3.8, 4) is 0 Å². The van der Waals surface area contributed by atoms with Crippen molar-refractivity contribution < 1.29 is 0 Å². The normalized spacial score (nSPS) is 18.1. The molecule has 0 saturated carbocycles. The first-order chi connectivity index (χ1) is 17.8. The molecule has 2 aromatic heterocycles. The maximum absolute atomic E-state index is 6.18. The van der Waals surface area contributed by atoms with Gasteiger partial charge >= 0.3 is 0 Å². The van der Waals surface area contributed by atoms with Crippen LogP contribution in [0.1, 0.15) is 71.3 Å². The zero-order chi connectivity index (χ0) is 24.3. The van der Waals surface area contributed by atoms with Gasteiger partial charge in [-0.2, -0.15) is 10.3 Å². The van der Waals surface area contributed by atoms with Gasteiger partial charge in [0, 0.05) is 5.92 Å². The molecule has 0 spiro atoms. The highest BCUT2D eigenvalue weighted by Crippen LogP contribution is 2.43. The summed E-state index contributed by atoms with van der Waals surface area (Å²) in [4.78, 5) is 4.36. The van der Waals surface area contributed by atoms with Crippen LogP contribution in [0.2, 0.25) is 0 Å². The average Bonchev–Trinajstić information content (AvgIpc) is 3.40. The second-order valence-corrected chi connectivity index (χ2v) is 9.97. The van der Waals surface area contributed by atoms with Crippen molar-refractivity contribution in [1.82, 2.24) is 20.4 Å². The minimum atomic E-state index is 0.188. The van der Waals surface area contributed by atoms with Gasteiger partial charge in [-0.15, -0.1) is 5.10 Å². The third-order valence-corrected chi connectivity index (χ3v) is 7.77. The number of rotatable bonds is 7. The Hall–Kier alpha value is -3.99. The van der Waals surface area contributed by atoms with Crippen molar-refractivity contribution in [2.45, 2.75) is 49.9 Å². The molecule has 2 heterocycles. The summed E-state index contributed by atoms with van der Waals surface area (Å²) in [5.41, 5.74) is 14.4. The number of nitrogens with one attached hydrogen (secondary N) is 1. The first-order valence-corrected chi connectivity index (χ1v) is 12.9. The van der Waals surface area contributed by atoms with E-state index < -0.39 is 0 Å². The van der Waals surface area contributed by atoms with Crippen molar-refractivity contribution in [3.05, 3.63) is 119 Å². The summed E-state index contributed by atoms with van der Waals surface area (Å²) in [6, 6.07) is 32.7. The lowest BCUT2D eigenvalue weighted by atomic mass is 9.72. The number of nitrogen functional groups attached to an aromatic ring is 1. The quantitative estimate of drug-likeness (QED) is 0.274. The zero-order valence-corrected chi connectivity index (χ0v) is 20.3. The molecule has 0 aliphatic heterocycles. The van der Waals surface area contributed by atoms with Gasteiger partial charge < -0.3 is 5.73 Å². The molecule has 180 valence electrons. The average molecular weight is 474 g/mol. The molecule has 0 saturated heterocycles. The number of nitrogens with two attached hydrogens (primary N) is 1. The van der Waals surface area contributed by atoms with Crippen LogP contribution in [-0.4, -0.2) is 20.4 Å². The maximum Gasteiger partial charge on any atom is 0.203 e. The van der Waals surface area contributed by atoms with Gasteiger partial charge in [-0.05, 0) is 71.4 Å². The molecule has 5 heteroatoms. The zero-order valence-electron chi connectivity index (χ0n) is 20.3. The van der Waals surface area contributed by atoms with Crippen LogP contribution in [0.4, 0.5) is 5.82 Å². The van der Waals surface area contributed by atoms with E-state index >= 15 is 0 Å². The number of fused-ring (bicyclic) bond motifs is 2. The maximum atomic E-state index is 6.18. The van der Waals surface area contributed by atoms with Gasteiger partial charge in [0.2, 0.25) is 5.65 Å². The van der Waals surface area contributed by atoms with Crippen molar-refractivity contribution in [3.63, 3.8) is 0 Å². The van der Waals surface area contributed by atoms with Crippen LogP contribution in [0.25, 0.3) is 11.2 Å². The number of hydrogen-bond acceptors (Lipinski definition) is 4. The fraction of sp³-hybridized carbons (Fsp3) is 0.258. The van der Waals surface area contributed by atoms with E-state index in [2.05, 4.69) is 105 Å². The van der Waals surface area contributed by atoms with Crippen LogP contribution < -0.4 is 5.73 Å². The Morgan fingerprint density at radius 1 is 0.889 bits per heavy atom. The minimum absolute atomic E-state index is 0.188. The van der Waals surface area contributed by atoms with Gasteiger partial charge in [0.25, 0.3) is 0 Å². The summed E-state index contributed by atoms with van der Waals surface area (Å²) in [6.45, 7) is 0. The minimum Gasteiger partial charge on any atom is -0.384 e. The Morgan fingerprint density at radius 3 is 2.47 bits per heavy atom. The Labute approximate surface area is 211 Å². The standard InChI is InChI=1S/C31H31N5/c32-29-20-28(30-31(33-29)35-36-34-30)27(22-12-5-2-6-13-22)17-9-15-24-19-25(21-10-3-1-4-11-21)18-23-14-7-8-16-26(23)24/h1-8,10-14,16,20,24-25,27H,9,15,17-19H2,(H3,32,33,34,35,36)/t24-,25+,27?/m1/s1. The van der Waals surface area contributed by atoms with Crippen molar-refractivity contribution in [2.24, 2.45) is 0 Å². The largest absolute Gasteiger partial charge is 0.384 e. The van der Waals surface area contributed by atoms with E-state index in [9.17, 15) is 0 Å². The van der Waals surface area contributed by atoms with Crippen molar-refractivity contribution >= 4 is 17.0 Å². The van der Waals surface area contributed by atoms with E-state index in [0.717, 1.165) is 36.8 Å². The number of H-pyrrole nitrogens is 1. The molecule has 1 aliphatic rings. The predicted octanol–water partition coefficient (Wildman–Crippen LogP) is 6.75. The van der Waals surface area contributed by atoms with E-state index in [1.54, 1.807) is 0 Å². The second kappa shape index (κ2) is 9.94. The molecule has 0 radical (unpaired) electrons. The Morgan fingerprint density at radius 2 is 1.64 bits per heavy atom. The first kappa shape index (κ1) is 22.5. The summed E-state index contributed by atoms with van der Waals surface area (Å²) in [7, 11) is 0. The van der Waals surface area contributed by atoms with Gasteiger partial charge in [-0.3, -0.25) is 0 Å². The van der Waals surface area contributed by atoms with Gasteiger partial charge in [0.05, 0.1) is 0 Å². The Kier molecular flexibility index (Phi) is 6.20. The van der Waals surface area contributed by atoms with Gasteiger partial charge in [0.15, 0.2) is 0 Å². The summed E-state index contributed by atoms with van der Waals surface area (Å²) in [5.74, 6) is 1.81. The van der Waals surface area contributed by atoms with Crippen molar-refractivity contribution in [1.29, 1.82) is 0 Å². The third kappa shape index (κ3) is 4.49. The second-order valence-electron chi connectivity index (χ2n) is 9.97. The molecule has 1 unspecified atom stereocenters. The lowest BCUT2D eigenvalue weighted by molar-refractivity contribution is 0.448. The molecule has 3 N–H and O–H groups in total. The first-order valence-electron chi connectivity index (χ1n) is 12.9. The molecule has 36 heavy (non-hydrogen) atoms. The molecular formula is C31H31N5. The molecule has 6 rings (SSSR count). The van der Waals surface area contributed by atoms with Crippen molar-refractivity contribution in [2.75, 3.05) is 5.73 Å². The fourth-order valence-electron chi connectivity index (χ4n) is 6.09. The summed E-state index contributed by atoms with van der Waals surface area (Å²) in [5, 5.41) is 11.4. The molecule has 0 bridgehead atoms. The summed E-state index contributed by atoms with van der Waals surface area (Å²) in [6.07, 6.45) is 5.62. The molecule has 1 aliphatic carbocycles. The van der Waals surface area contributed by atoms with Gasteiger partial charge in [0.1, 0.15) is 11.3 Å². The molecule has 3 atom stereocenters. The molecule has 0 fully saturated rings. The molecule has 0 amide bonds. The molecule has 5 nitrogen and oxygen atoms in total. The number of aromatic amines is 1. The number of nitrogens with zero attached hydrogens (tertiary/aromatic N) is 3. The van der Waals surface area contributed by atoms with E-state index in [4.69, 9.17) is 5.73 Å². The highest BCUT2D eigenvalue weighted by Gasteiger charge is 2.28. The molecule has 3 aromatic carbocycles. The van der Waals surface area contributed by atoms with Crippen LogP contribution in [0, 0.1) is 0 Å². The fourth-order valence-corrected chi connectivity index (χ4v) is 6.09. The molecule has 5 aromatic rings. The highest BCUT2D eigenvalue weighted by atomic mass is 15.3. The SMILES string of the molecule is Nc1cc(C(CCC[C@@H]2C[C@@H](c3ccccc3)Cc3ccccc32)c2ccccc2)c2n[nH]nc2n1. The van der Waals surface area contributed by atoms with Crippen LogP contribution in [0.15, 0.2) is 91.0 Å². The monoisotopic (exact) mass is 473 g/mol. The van der Waals surface area contributed by atoms with Gasteiger partial charge in [-0.25, -0.2) is 4.98 Å². The number of hydrogen-bond donors (Lipinski definition) is 2. The van der Waals surface area contributed by atoms with Crippen LogP contribution in [-0.2, 0) is 6.42 Å². The number of anilines is 1. The summed E-state index contributed by atoms with van der Waals surface area (Å²) < 4.78 is 0. The number of aromatic nitrogens is 4. The topological polar surface area (TPSA) is 80.5 Å². The van der Waals surface area contributed by atoms with E-state index in [0.29, 0.717) is 23.3 Å². The lowest BCUT2D eigenvalue weighted by Crippen LogP contribution is -2.18. The van der Waals surface area contributed by atoms with E-state index in [1.807, 2.05) is 6.07 Å². The van der Waals surface area contributed by atoms with Gasteiger partial charge in [-0.1, -0.05) is 91.3 Å². The van der Waals surface area contributed by atoms with Crippen LogP contribution in [0.5, 0.6) is 0 Å². The number of benzene rings is 3. The Bertz CT molecular complexity index is 1440. The van der Waals surface area contributed by atoms with E-state index in [-0.39, 0.29) is 5.92 Å². The number of pyridine rings is 1. The smallest absolute Gasteiger partial charge is 0.203 e. The van der Waals surface area contributed by atoms with Crippen LogP contribution >= 0.6 is 0 Å². The van der Waals surface area contributed by atoms with Crippen LogP contribution in [0.3, 0.4) is 0 Å². The predicted molar refractivity (Wildman–Crippen MR) is 145 cm³/mol.